The summed E-state index contributed by atoms with van der Waals surface area (Å²) in [7, 11) is 0. The molecule has 94 valence electrons. The maximum atomic E-state index is 11.5. The number of nitrogens with zero attached hydrogens (tertiary/aromatic N) is 3. The van der Waals surface area contributed by atoms with Crippen LogP contribution in [-0.4, -0.2) is 26.7 Å². The molecule has 18 heavy (non-hydrogen) atoms. The highest BCUT2D eigenvalue weighted by Gasteiger charge is 2.07. The van der Waals surface area contributed by atoms with Gasteiger partial charge in [0.2, 0.25) is 5.91 Å². The normalized spacial score (nSPS) is 12.1. The van der Waals surface area contributed by atoms with E-state index in [1.54, 1.807) is 17.9 Å². The molecule has 0 aliphatic carbocycles. The minimum absolute atomic E-state index is 0.201. The summed E-state index contributed by atoms with van der Waals surface area (Å²) in [6.07, 6.45) is 3.13. The van der Waals surface area contributed by atoms with E-state index >= 15 is 0 Å². The Morgan fingerprint density at radius 1 is 1.56 bits per heavy atom. The lowest BCUT2D eigenvalue weighted by Crippen LogP contribution is -2.32. The molecular formula is C12H15N5O. The number of amides is 1. The molecule has 0 unspecified atom stereocenters. The Bertz CT molecular complexity index is 521. The number of rotatable bonds is 4. The summed E-state index contributed by atoms with van der Waals surface area (Å²) in [5.74, 6) is -0.201. The number of anilines is 1. The van der Waals surface area contributed by atoms with Crippen LogP contribution < -0.4 is 11.1 Å². The molecule has 2 rings (SSSR count). The molecule has 0 bridgehead atoms. The lowest BCUT2D eigenvalue weighted by Gasteiger charge is -2.09. The maximum Gasteiger partial charge on any atom is 0.240 e. The lowest BCUT2D eigenvalue weighted by molar-refractivity contribution is -0.117. The number of nitrogens with two attached hydrogens (primary N) is 1. The fourth-order valence-corrected chi connectivity index (χ4v) is 1.50. The second-order valence-corrected chi connectivity index (χ2v) is 4.07. The second-order valence-electron chi connectivity index (χ2n) is 4.07. The van der Waals surface area contributed by atoms with Crippen LogP contribution in [0.1, 0.15) is 12.5 Å². The number of hydrogen-bond acceptors (Lipinski definition) is 4. The van der Waals surface area contributed by atoms with Crippen LogP contribution in [0.4, 0.5) is 5.69 Å². The first kappa shape index (κ1) is 12.3. The molecule has 1 aromatic heterocycles. The SMILES string of the molecule is C[C@H](N)C(=O)Nc1cccc(Cn2cncn2)c1. The molecule has 0 saturated heterocycles. The third-order valence-corrected chi connectivity index (χ3v) is 2.42. The number of benzene rings is 1. The number of carbonyl (C=O) groups excluding carboxylic acids is 1. The average molecular weight is 245 g/mol. The Hall–Kier alpha value is -2.21. The predicted octanol–water partition coefficient (Wildman–Crippen LogP) is 0.612. The number of hydrogen-bond donors (Lipinski definition) is 2. The summed E-state index contributed by atoms with van der Waals surface area (Å²) in [5, 5.41) is 6.78. The monoisotopic (exact) mass is 245 g/mol. The standard InChI is InChI=1S/C12H15N5O/c1-9(13)12(18)16-11-4-2-3-10(5-11)6-17-8-14-7-15-17/h2-5,7-9H,6,13H2,1H3,(H,16,18)/t9-/m0/s1. The number of nitrogens with one attached hydrogen (secondary N) is 1. The molecule has 0 aliphatic heterocycles. The topological polar surface area (TPSA) is 85.8 Å². The van der Waals surface area contributed by atoms with Gasteiger partial charge in [-0.25, -0.2) is 9.67 Å². The number of aromatic nitrogens is 3. The van der Waals surface area contributed by atoms with Crippen molar-refractivity contribution >= 4 is 11.6 Å². The maximum absolute atomic E-state index is 11.5. The largest absolute Gasteiger partial charge is 0.325 e. The average Bonchev–Trinajstić information content (AvgIpc) is 2.82. The fraction of sp³-hybridized carbons (Fsp3) is 0.250. The van der Waals surface area contributed by atoms with E-state index in [1.807, 2.05) is 24.3 Å². The lowest BCUT2D eigenvalue weighted by atomic mass is 10.2. The van der Waals surface area contributed by atoms with Crippen LogP contribution >= 0.6 is 0 Å². The molecule has 0 aliphatic rings. The van der Waals surface area contributed by atoms with Crippen molar-refractivity contribution in [3.63, 3.8) is 0 Å². The van der Waals surface area contributed by atoms with E-state index < -0.39 is 6.04 Å². The summed E-state index contributed by atoms with van der Waals surface area (Å²) in [4.78, 5) is 15.4. The van der Waals surface area contributed by atoms with E-state index in [1.165, 1.54) is 6.33 Å². The van der Waals surface area contributed by atoms with E-state index in [2.05, 4.69) is 15.4 Å². The molecule has 1 heterocycles. The Balaban J connectivity index is 2.08. The van der Waals surface area contributed by atoms with Gasteiger partial charge >= 0.3 is 0 Å². The van der Waals surface area contributed by atoms with Gasteiger partial charge in [-0.1, -0.05) is 12.1 Å². The van der Waals surface area contributed by atoms with Crippen molar-refractivity contribution in [1.29, 1.82) is 0 Å². The summed E-state index contributed by atoms with van der Waals surface area (Å²) < 4.78 is 1.71. The summed E-state index contributed by atoms with van der Waals surface area (Å²) in [6, 6.07) is 7.03. The van der Waals surface area contributed by atoms with Crippen LogP contribution in [0.15, 0.2) is 36.9 Å². The third-order valence-electron chi connectivity index (χ3n) is 2.42. The molecular weight excluding hydrogens is 230 g/mol. The zero-order chi connectivity index (χ0) is 13.0. The van der Waals surface area contributed by atoms with Crippen LogP contribution in [-0.2, 0) is 11.3 Å². The summed E-state index contributed by atoms with van der Waals surface area (Å²) >= 11 is 0. The van der Waals surface area contributed by atoms with Gasteiger partial charge in [0.05, 0.1) is 12.6 Å². The molecule has 0 saturated carbocycles. The van der Waals surface area contributed by atoms with Crippen LogP contribution in [0, 0.1) is 0 Å². The van der Waals surface area contributed by atoms with Gasteiger partial charge in [-0.2, -0.15) is 5.10 Å². The van der Waals surface area contributed by atoms with Gasteiger partial charge < -0.3 is 11.1 Å². The molecule has 0 radical (unpaired) electrons. The van der Waals surface area contributed by atoms with Gasteiger partial charge in [0.15, 0.2) is 0 Å². The first-order valence-electron chi connectivity index (χ1n) is 5.63. The van der Waals surface area contributed by atoms with E-state index in [4.69, 9.17) is 5.73 Å². The van der Waals surface area contributed by atoms with Crippen molar-refractivity contribution in [2.75, 3.05) is 5.32 Å². The molecule has 6 heteroatoms. The first-order chi connectivity index (χ1) is 8.65. The van der Waals surface area contributed by atoms with Crippen molar-refractivity contribution < 1.29 is 4.79 Å². The molecule has 0 fully saturated rings. The van der Waals surface area contributed by atoms with Crippen molar-refractivity contribution in [2.45, 2.75) is 19.5 Å². The van der Waals surface area contributed by atoms with Gasteiger partial charge in [0.1, 0.15) is 12.7 Å². The Morgan fingerprint density at radius 2 is 2.39 bits per heavy atom. The van der Waals surface area contributed by atoms with Crippen LogP contribution in [0.5, 0.6) is 0 Å². The van der Waals surface area contributed by atoms with E-state index in [9.17, 15) is 4.79 Å². The Kier molecular flexibility index (Phi) is 3.69. The molecule has 2 aromatic rings. The summed E-state index contributed by atoms with van der Waals surface area (Å²) in [6.45, 7) is 2.26. The van der Waals surface area contributed by atoms with Crippen molar-refractivity contribution in [1.82, 2.24) is 14.8 Å². The highest BCUT2D eigenvalue weighted by atomic mass is 16.2. The Labute approximate surface area is 105 Å². The Morgan fingerprint density at radius 3 is 3.06 bits per heavy atom. The zero-order valence-electron chi connectivity index (χ0n) is 10.1. The molecule has 1 aromatic carbocycles. The smallest absolute Gasteiger partial charge is 0.240 e. The van der Waals surface area contributed by atoms with Crippen molar-refractivity contribution in [3.05, 3.63) is 42.5 Å². The van der Waals surface area contributed by atoms with E-state index in [0.717, 1.165) is 11.3 Å². The van der Waals surface area contributed by atoms with Gasteiger partial charge in [-0.05, 0) is 24.6 Å². The highest BCUT2D eigenvalue weighted by Crippen LogP contribution is 2.11. The fourth-order valence-electron chi connectivity index (χ4n) is 1.50. The predicted molar refractivity (Wildman–Crippen MR) is 67.8 cm³/mol. The van der Waals surface area contributed by atoms with Gasteiger partial charge in [0, 0.05) is 5.69 Å². The molecule has 0 spiro atoms. The third kappa shape index (κ3) is 3.14. The quantitative estimate of drug-likeness (QED) is 0.826. The highest BCUT2D eigenvalue weighted by molar-refractivity contribution is 5.94. The van der Waals surface area contributed by atoms with Gasteiger partial charge in [0.25, 0.3) is 0 Å². The van der Waals surface area contributed by atoms with E-state index in [0.29, 0.717) is 6.54 Å². The van der Waals surface area contributed by atoms with E-state index in [-0.39, 0.29) is 5.91 Å². The zero-order valence-corrected chi connectivity index (χ0v) is 10.1. The van der Waals surface area contributed by atoms with Crippen LogP contribution in [0.3, 0.4) is 0 Å². The molecule has 6 nitrogen and oxygen atoms in total. The number of carbonyl (C=O) groups is 1. The first-order valence-corrected chi connectivity index (χ1v) is 5.63. The van der Waals surface area contributed by atoms with Crippen LogP contribution in [0.25, 0.3) is 0 Å². The second kappa shape index (κ2) is 5.42. The summed E-state index contributed by atoms with van der Waals surface area (Å²) in [5.41, 5.74) is 7.26. The van der Waals surface area contributed by atoms with Gasteiger partial charge in [-0.3, -0.25) is 4.79 Å². The molecule has 1 amide bonds. The van der Waals surface area contributed by atoms with Crippen LogP contribution in [0.2, 0.25) is 0 Å². The minimum atomic E-state index is -0.524. The van der Waals surface area contributed by atoms with Gasteiger partial charge in [-0.15, -0.1) is 0 Å². The van der Waals surface area contributed by atoms with Crippen molar-refractivity contribution in [2.24, 2.45) is 5.73 Å². The minimum Gasteiger partial charge on any atom is -0.325 e. The van der Waals surface area contributed by atoms with Crippen molar-refractivity contribution in [3.8, 4) is 0 Å². The molecule has 1 atom stereocenters. The molecule has 3 N–H and O–H groups in total.